The average molecular weight is 349 g/mol. The molecule has 0 aromatic heterocycles. The van der Waals surface area contributed by atoms with Gasteiger partial charge in [0.15, 0.2) is 0 Å². The fourth-order valence-corrected chi connectivity index (χ4v) is 2.62. The second-order valence-corrected chi connectivity index (χ2v) is 6.00. The van der Waals surface area contributed by atoms with E-state index >= 15 is 0 Å². The number of methoxy groups -OCH3 is 1. The smallest absolute Gasteiger partial charge is 0.251 e. The number of amides is 2. The first-order chi connectivity index (χ1) is 12.2. The van der Waals surface area contributed by atoms with Gasteiger partial charge in [0.25, 0.3) is 5.91 Å². The van der Waals surface area contributed by atoms with Gasteiger partial charge in [-0.15, -0.1) is 0 Å². The van der Waals surface area contributed by atoms with Crippen LogP contribution in [-0.2, 0) is 14.3 Å². The van der Waals surface area contributed by atoms with Crippen molar-refractivity contribution in [3.05, 3.63) is 29.8 Å². The Balaban J connectivity index is 1.73. The predicted octanol–water partition coefficient (Wildman–Crippen LogP) is 1.16. The summed E-state index contributed by atoms with van der Waals surface area (Å²) in [5.41, 5.74) is 1.12. The molecule has 1 saturated heterocycles. The normalized spacial score (nSPS) is 16.6. The van der Waals surface area contributed by atoms with Crippen LogP contribution in [0.15, 0.2) is 24.3 Å². The number of carbonyl (C=O) groups excluding carboxylic acids is 2. The van der Waals surface area contributed by atoms with Crippen molar-refractivity contribution < 1.29 is 19.1 Å². The lowest BCUT2D eigenvalue weighted by atomic mass is 10.2. The molecule has 2 amide bonds. The molecular weight excluding hydrogens is 322 g/mol. The minimum Gasteiger partial charge on any atom is -0.385 e. The summed E-state index contributed by atoms with van der Waals surface area (Å²) in [6.07, 6.45) is 3.09. The molecule has 0 bridgehead atoms. The monoisotopic (exact) mass is 349 g/mol. The summed E-state index contributed by atoms with van der Waals surface area (Å²) in [5, 5.41) is 8.72. The van der Waals surface area contributed by atoms with E-state index in [1.807, 2.05) is 0 Å². The van der Waals surface area contributed by atoms with E-state index in [0.717, 1.165) is 25.9 Å². The number of anilines is 1. The van der Waals surface area contributed by atoms with Crippen molar-refractivity contribution in [2.45, 2.75) is 25.4 Å². The van der Waals surface area contributed by atoms with E-state index in [2.05, 4.69) is 16.0 Å². The predicted molar refractivity (Wildman–Crippen MR) is 95.7 cm³/mol. The fourth-order valence-electron chi connectivity index (χ4n) is 2.62. The van der Waals surface area contributed by atoms with Gasteiger partial charge < -0.3 is 25.4 Å². The Kier molecular flexibility index (Phi) is 8.38. The minimum absolute atomic E-state index is 0.143. The topological polar surface area (TPSA) is 88.7 Å². The Morgan fingerprint density at radius 3 is 3.00 bits per heavy atom. The highest BCUT2D eigenvalue weighted by Crippen LogP contribution is 2.11. The summed E-state index contributed by atoms with van der Waals surface area (Å²) < 4.78 is 10.4. The number of hydrogen-bond donors (Lipinski definition) is 3. The van der Waals surface area contributed by atoms with Gasteiger partial charge in [-0.05, 0) is 37.5 Å². The van der Waals surface area contributed by atoms with Gasteiger partial charge >= 0.3 is 0 Å². The summed E-state index contributed by atoms with van der Waals surface area (Å²) in [7, 11) is 1.63. The Morgan fingerprint density at radius 1 is 1.36 bits per heavy atom. The molecule has 138 valence electrons. The van der Waals surface area contributed by atoms with Crippen LogP contribution in [0, 0.1) is 0 Å². The Hall–Kier alpha value is -1.96. The van der Waals surface area contributed by atoms with Crippen LogP contribution in [0.3, 0.4) is 0 Å². The van der Waals surface area contributed by atoms with Gasteiger partial charge in [0.05, 0.1) is 12.6 Å². The van der Waals surface area contributed by atoms with E-state index in [0.29, 0.717) is 30.9 Å². The molecule has 3 N–H and O–H groups in total. The summed E-state index contributed by atoms with van der Waals surface area (Å²) in [6.45, 7) is 2.86. The van der Waals surface area contributed by atoms with E-state index in [4.69, 9.17) is 9.47 Å². The lowest BCUT2D eigenvalue weighted by Crippen LogP contribution is -2.33. The molecule has 0 aliphatic carbocycles. The SMILES string of the molecule is COCCCNC(=O)c1cccc(NC(=O)CNCC2CCCO2)c1. The maximum absolute atomic E-state index is 12.1. The molecule has 2 rings (SSSR count). The molecule has 1 aromatic carbocycles. The van der Waals surface area contributed by atoms with Gasteiger partial charge in [0.2, 0.25) is 5.91 Å². The van der Waals surface area contributed by atoms with Crippen LogP contribution in [0.5, 0.6) is 0 Å². The van der Waals surface area contributed by atoms with E-state index in [9.17, 15) is 9.59 Å². The van der Waals surface area contributed by atoms with Gasteiger partial charge in [0, 0.05) is 44.7 Å². The van der Waals surface area contributed by atoms with Gasteiger partial charge in [0.1, 0.15) is 0 Å². The first-order valence-corrected chi connectivity index (χ1v) is 8.68. The lowest BCUT2D eigenvalue weighted by Gasteiger charge is -2.11. The highest BCUT2D eigenvalue weighted by atomic mass is 16.5. The van der Waals surface area contributed by atoms with Crippen LogP contribution in [0.25, 0.3) is 0 Å². The van der Waals surface area contributed by atoms with Crippen molar-refractivity contribution in [3.8, 4) is 0 Å². The molecule has 0 radical (unpaired) electrons. The zero-order chi connectivity index (χ0) is 17.9. The highest BCUT2D eigenvalue weighted by molar-refractivity contribution is 5.97. The summed E-state index contributed by atoms with van der Waals surface area (Å²) in [5.74, 6) is -0.306. The molecule has 1 fully saturated rings. The molecule has 1 aliphatic rings. The van der Waals surface area contributed by atoms with Crippen LogP contribution in [0.1, 0.15) is 29.6 Å². The average Bonchev–Trinajstić information content (AvgIpc) is 3.12. The molecule has 1 heterocycles. The van der Waals surface area contributed by atoms with Crippen LogP contribution < -0.4 is 16.0 Å². The van der Waals surface area contributed by atoms with Gasteiger partial charge in [-0.1, -0.05) is 6.07 Å². The zero-order valence-electron chi connectivity index (χ0n) is 14.7. The van der Waals surface area contributed by atoms with Gasteiger partial charge in [-0.2, -0.15) is 0 Å². The number of nitrogens with one attached hydrogen (secondary N) is 3. The quantitative estimate of drug-likeness (QED) is 0.552. The second kappa shape index (κ2) is 10.8. The fraction of sp³-hybridized carbons (Fsp3) is 0.556. The highest BCUT2D eigenvalue weighted by Gasteiger charge is 2.15. The third-order valence-electron chi connectivity index (χ3n) is 3.90. The van der Waals surface area contributed by atoms with E-state index in [1.165, 1.54) is 0 Å². The third-order valence-corrected chi connectivity index (χ3v) is 3.90. The lowest BCUT2D eigenvalue weighted by molar-refractivity contribution is -0.115. The molecular formula is C18H27N3O4. The molecule has 25 heavy (non-hydrogen) atoms. The van der Waals surface area contributed by atoms with Gasteiger partial charge in [-0.3, -0.25) is 9.59 Å². The Morgan fingerprint density at radius 2 is 2.24 bits per heavy atom. The largest absolute Gasteiger partial charge is 0.385 e. The van der Waals surface area contributed by atoms with Crippen molar-refractivity contribution >= 4 is 17.5 Å². The first kappa shape index (κ1) is 19.4. The molecule has 1 atom stereocenters. The maximum atomic E-state index is 12.1. The van der Waals surface area contributed by atoms with Crippen molar-refractivity contribution in [1.29, 1.82) is 0 Å². The van der Waals surface area contributed by atoms with Crippen LogP contribution in [0.4, 0.5) is 5.69 Å². The van der Waals surface area contributed by atoms with Crippen molar-refractivity contribution in [3.63, 3.8) is 0 Å². The minimum atomic E-state index is -0.163. The molecule has 1 unspecified atom stereocenters. The first-order valence-electron chi connectivity index (χ1n) is 8.68. The second-order valence-electron chi connectivity index (χ2n) is 6.00. The summed E-state index contributed by atoms with van der Waals surface area (Å²) >= 11 is 0. The van der Waals surface area contributed by atoms with Crippen molar-refractivity contribution in [2.24, 2.45) is 0 Å². The third kappa shape index (κ3) is 7.21. The van der Waals surface area contributed by atoms with Crippen molar-refractivity contribution in [1.82, 2.24) is 10.6 Å². The number of carbonyl (C=O) groups is 2. The number of hydrogen-bond acceptors (Lipinski definition) is 5. The molecule has 0 spiro atoms. The van der Waals surface area contributed by atoms with Crippen LogP contribution >= 0.6 is 0 Å². The van der Waals surface area contributed by atoms with Crippen LogP contribution in [0.2, 0.25) is 0 Å². The zero-order valence-corrected chi connectivity index (χ0v) is 14.7. The Labute approximate surface area is 148 Å². The van der Waals surface area contributed by atoms with Gasteiger partial charge in [-0.25, -0.2) is 0 Å². The number of ether oxygens (including phenoxy) is 2. The van der Waals surface area contributed by atoms with Crippen molar-refractivity contribution in [2.75, 3.05) is 45.3 Å². The van der Waals surface area contributed by atoms with E-state index in [-0.39, 0.29) is 24.5 Å². The van der Waals surface area contributed by atoms with E-state index < -0.39 is 0 Å². The van der Waals surface area contributed by atoms with E-state index in [1.54, 1.807) is 31.4 Å². The summed E-state index contributed by atoms with van der Waals surface area (Å²) in [4.78, 5) is 24.1. The van der Waals surface area contributed by atoms with Crippen LogP contribution in [-0.4, -0.2) is 57.9 Å². The molecule has 1 aliphatic heterocycles. The number of benzene rings is 1. The summed E-state index contributed by atoms with van der Waals surface area (Å²) in [6, 6.07) is 6.90. The standard InChI is InChI=1S/C18H27N3O4/c1-24-9-4-8-20-18(23)14-5-2-6-15(11-14)21-17(22)13-19-12-16-7-3-10-25-16/h2,5-6,11,16,19H,3-4,7-10,12-13H2,1H3,(H,20,23)(H,21,22). The number of rotatable bonds is 10. The molecule has 7 heteroatoms. The maximum Gasteiger partial charge on any atom is 0.251 e. The Bertz CT molecular complexity index is 559. The molecule has 7 nitrogen and oxygen atoms in total. The molecule has 0 saturated carbocycles. The molecule has 1 aromatic rings.